The molecule has 0 bridgehead atoms. The number of likely N-dealkylation sites (tertiary alicyclic amines) is 1. The molecule has 1 saturated heterocycles. The van der Waals surface area contributed by atoms with Crippen molar-refractivity contribution in [2.75, 3.05) is 12.3 Å². The van der Waals surface area contributed by atoms with Gasteiger partial charge < -0.3 is 5.73 Å². The third kappa shape index (κ3) is 1.80. The minimum absolute atomic E-state index is 0.0209. The fourth-order valence-corrected chi connectivity index (χ4v) is 3.79. The smallest absolute Gasteiger partial charge is 0.263 e. The summed E-state index contributed by atoms with van der Waals surface area (Å²) in [6.07, 6.45) is 3.35. The van der Waals surface area contributed by atoms with Crippen molar-refractivity contribution >= 4 is 17.5 Å². The summed E-state index contributed by atoms with van der Waals surface area (Å²) in [5.41, 5.74) is 7.13. The molecule has 110 valence electrons. The van der Waals surface area contributed by atoms with E-state index in [1.165, 1.54) is 17.7 Å². The van der Waals surface area contributed by atoms with Crippen LogP contribution in [0.1, 0.15) is 46.9 Å². The molecular weight excluding hydrogens is 266 g/mol. The Balaban J connectivity index is 1.64. The molecule has 4 rings (SSSR count). The fourth-order valence-electron chi connectivity index (χ4n) is 3.79. The second kappa shape index (κ2) is 4.31. The number of anilines is 1. The van der Waals surface area contributed by atoms with Crippen LogP contribution in [0.2, 0.25) is 0 Å². The summed E-state index contributed by atoms with van der Waals surface area (Å²) in [5.74, 6) is -0.403. The van der Waals surface area contributed by atoms with Crippen LogP contribution in [0.15, 0.2) is 18.2 Å². The highest BCUT2D eigenvalue weighted by Crippen LogP contribution is 2.37. The molecule has 0 aromatic heterocycles. The Hall–Kier alpha value is -1.88. The van der Waals surface area contributed by atoms with Crippen LogP contribution in [-0.4, -0.2) is 46.3 Å². The van der Waals surface area contributed by atoms with Crippen molar-refractivity contribution in [1.29, 1.82) is 0 Å². The molecule has 5 nitrogen and oxygen atoms in total. The summed E-state index contributed by atoms with van der Waals surface area (Å²) in [6, 6.07) is 6.18. The lowest BCUT2D eigenvalue weighted by atomic mass is 10.1. The third-order valence-electron chi connectivity index (χ3n) is 4.96. The van der Waals surface area contributed by atoms with E-state index in [-0.39, 0.29) is 17.9 Å². The van der Waals surface area contributed by atoms with Gasteiger partial charge in [-0.15, -0.1) is 0 Å². The van der Waals surface area contributed by atoms with E-state index in [9.17, 15) is 9.59 Å². The molecule has 1 saturated carbocycles. The van der Waals surface area contributed by atoms with Crippen LogP contribution in [0.5, 0.6) is 0 Å². The Labute approximate surface area is 123 Å². The van der Waals surface area contributed by atoms with Gasteiger partial charge in [-0.1, -0.05) is 6.07 Å². The molecule has 2 unspecified atom stereocenters. The first-order valence-corrected chi connectivity index (χ1v) is 7.60. The molecule has 2 N–H and O–H groups in total. The monoisotopic (exact) mass is 285 g/mol. The number of rotatable bonds is 2. The van der Waals surface area contributed by atoms with Gasteiger partial charge in [-0.3, -0.25) is 19.4 Å². The SMILES string of the molecule is CC1CC(N2C(=O)c3cccc(N)c3C2=O)CN1C1CC1. The van der Waals surface area contributed by atoms with Crippen LogP contribution in [0.3, 0.4) is 0 Å². The summed E-state index contributed by atoms with van der Waals surface area (Å²) in [6.45, 7) is 2.99. The predicted molar refractivity (Wildman–Crippen MR) is 78.9 cm³/mol. The lowest BCUT2D eigenvalue weighted by molar-refractivity contribution is 0.0588. The van der Waals surface area contributed by atoms with E-state index in [1.54, 1.807) is 18.2 Å². The van der Waals surface area contributed by atoms with E-state index >= 15 is 0 Å². The second-order valence-electron chi connectivity index (χ2n) is 6.42. The Bertz CT molecular complexity index is 638. The van der Waals surface area contributed by atoms with Gasteiger partial charge in [-0.2, -0.15) is 0 Å². The topological polar surface area (TPSA) is 66.6 Å². The molecule has 2 atom stereocenters. The maximum atomic E-state index is 12.6. The van der Waals surface area contributed by atoms with Crippen LogP contribution in [0.25, 0.3) is 0 Å². The van der Waals surface area contributed by atoms with Crippen LogP contribution >= 0.6 is 0 Å². The number of amides is 2. The molecule has 1 aromatic carbocycles. The molecule has 2 heterocycles. The molecule has 2 fully saturated rings. The van der Waals surface area contributed by atoms with E-state index in [4.69, 9.17) is 5.73 Å². The molecule has 1 aromatic rings. The Kier molecular flexibility index (Phi) is 2.63. The average molecular weight is 285 g/mol. The van der Waals surface area contributed by atoms with Crippen molar-refractivity contribution in [1.82, 2.24) is 9.80 Å². The highest BCUT2D eigenvalue weighted by Gasteiger charge is 2.47. The van der Waals surface area contributed by atoms with Crippen molar-refractivity contribution in [3.63, 3.8) is 0 Å². The lowest BCUT2D eigenvalue weighted by Gasteiger charge is -2.23. The van der Waals surface area contributed by atoms with Crippen LogP contribution < -0.4 is 5.73 Å². The van der Waals surface area contributed by atoms with Gasteiger partial charge in [0.1, 0.15) is 0 Å². The van der Waals surface area contributed by atoms with Gasteiger partial charge in [0.25, 0.3) is 11.8 Å². The molecule has 0 radical (unpaired) electrons. The number of carbonyl (C=O) groups is 2. The zero-order valence-electron chi connectivity index (χ0n) is 12.1. The standard InChI is InChI=1S/C16H19N3O2/c1-9-7-11(8-18(9)10-5-6-10)19-15(20)12-3-2-4-13(17)14(12)16(19)21/h2-4,9-11H,5-8,17H2,1H3. The Morgan fingerprint density at radius 2 is 1.90 bits per heavy atom. The lowest BCUT2D eigenvalue weighted by Crippen LogP contribution is -2.41. The maximum Gasteiger partial charge on any atom is 0.263 e. The van der Waals surface area contributed by atoms with Gasteiger partial charge in [-0.25, -0.2) is 0 Å². The highest BCUT2D eigenvalue weighted by atomic mass is 16.2. The van der Waals surface area contributed by atoms with Crippen molar-refractivity contribution in [2.45, 2.75) is 44.3 Å². The molecule has 3 aliphatic rings. The number of imide groups is 1. The number of hydrogen-bond acceptors (Lipinski definition) is 4. The van der Waals surface area contributed by atoms with Gasteiger partial charge in [0, 0.05) is 24.3 Å². The summed E-state index contributed by atoms with van der Waals surface area (Å²) >= 11 is 0. The van der Waals surface area contributed by atoms with E-state index in [0.29, 0.717) is 28.9 Å². The quantitative estimate of drug-likeness (QED) is 0.660. The highest BCUT2D eigenvalue weighted by molar-refractivity contribution is 6.23. The molecule has 5 heteroatoms. The fraction of sp³-hybridized carbons (Fsp3) is 0.500. The van der Waals surface area contributed by atoms with Gasteiger partial charge in [-0.05, 0) is 38.3 Å². The van der Waals surface area contributed by atoms with E-state index in [1.807, 2.05) is 0 Å². The second-order valence-corrected chi connectivity index (χ2v) is 6.42. The molecule has 1 aliphatic carbocycles. The van der Waals surface area contributed by atoms with Gasteiger partial charge >= 0.3 is 0 Å². The van der Waals surface area contributed by atoms with Gasteiger partial charge in [0.05, 0.1) is 17.2 Å². The van der Waals surface area contributed by atoms with Crippen LogP contribution in [0, 0.1) is 0 Å². The number of carbonyl (C=O) groups excluding carboxylic acids is 2. The summed E-state index contributed by atoms with van der Waals surface area (Å²) in [7, 11) is 0. The number of nitrogen functional groups attached to an aromatic ring is 1. The van der Waals surface area contributed by atoms with E-state index in [2.05, 4.69) is 11.8 Å². The van der Waals surface area contributed by atoms with Crippen molar-refractivity contribution in [3.05, 3.63) is 29.3 Å². The van der Waals surface area contributed by atoms with Gasteiger partial charge in [0.2, 0.25) is 0 Å². The first-order valence-electron chi connectivity index (χ1n) is 7.60. The van der Waals surface area contributed by atoms with Crippen molar-refractivity contribution in [2.24, 2.45) is 0 Å². The Morgan fingerprint density at radius 1 is 1.14 bits per heavy atom. The minimum atomic E-state index is -0.219. The van der Waals surface area contributed by atoms with Crippen LogP contribution in [-0.2, 0) is 0 Å². The number of hydrogen-bond donors (Lipinski definition) is 1. The molecule has 2 aliphatic heterocycles. The predicted octanol–water partition coefficient (Wildman–Crippen LogP) is 1.49. The summed E-state index contributed by atoms with van der Waals surface area (Å²) in [5, 5.41) is 0. The number of nitrogens with zero attached hydrogens (tertiary/aromatic N) is 2. The first-order chi connectivity index (χ1) is 10.1. The largest absolute Gasteiger partial charge is 0.398 e. The molecular formula is C16H19N3O2. The minimum Gasteiger partial charge on any atom is -0.398 e. The van der Waals surface area contributed by atoms with E-state index in [0.717, 1.165) is 13.0 Å². The van der Waals surface area contributed by atoms with Crippen molar-refractivity contribution in [3.8, 4) is 0 Å². The molecule has 2 amide bonds. The third-order valence-corrected chi connectivity index (χ3v) is 4.96. The van der Waals surface area contributed by atoms with Crippen molar-refractivity contribution < 1.29 is 9.59 Å². The average Bonchev–Trinajstić information content (AvgIpc) is 3.17. The zero-order valence-corrected chi connectivity index (χ0v) is 12.1. The maximum absolute atomic E-state index is 12.6. The van der Waals surface area contributed by atoms with Crippen LogP contribution in [0.4, 0.5) is 5.69 Å². The Morgan fingerprint density at radius 3 is 2.57 bits per heavy atom. The first kappa shape index (κ1) is 12.8. The van der Waals surface area contributed by atoms with Gasteiger partial charge in [0.15, 0.2) is 0 Å². The summed E-state index contributed by atoms with van der Waals surface area (Å²) < 4.78 is 0. The van der Waals surface area contributed by atoms with E-state index < -0.39 is 0 Å². The molecule has 0 spiro atoms. The number of fused-ring (bicyclic) bond motifs is 1. The normalized spacial score (nSPS) is 29.3. The molecule has 21 heavy (non-hydrogen) atoms. The summed E-state index contributed by atoms with van der Waals surface area (Å²) in [4.78, 5) is 29.1. The zero-order chi connectivity index (χ0) is 14.7. The number of nitrogens with two attached hydrogens (primary N) is 1. The number of benzene rings is 1.